The van der Waals surface area contributed by atoms with Crippen LogP contribution in [0.3, 0.4) is 0 Å². The summed E-state index contributed by atoms with van der Waals surface area (Å²) in [4.78, 5) is 37.9. The van der Waals surface area contributed by atoms with Crippen molar-refractivity contribution >= 4 is 17.9 Å². The number of hydrogen-bond acceptors (Lipinski definition) is 8. The second-order valence-electron chi connectivity index (χ2n) is 7.90. The molecule has 0 aromatic heterocycles. The van der Waals surface area contributed by atoms with Crippen molar-refractivity contribution in [3.8, 4) is 12.3 Å². The Hall–Kier alpha value is -4.45. The van der Waals surface area contributed by atoms with Crippen molar-refractivity contribution in [2.45, 2.75) is 24.1 Å². The van der Waals surface area contributed by atoms with Crippen LogP contribution in [0.4, 0.5) is 0 Å². The first-order valence-electron chi connectivity index (χ1n) is 11.0. The predicted octanol–water partition coefficient (Wildman–Crippen LogP) is 3.02. The molecular weight excluding hydrogens is 464 g/mol. The number of aliphatic hydroxyl groups is 1. The zero-order valence-corrected chi connectivity index (χ0v) is 19.0. The molecule has 0 amide bonds. The van der Waals surface area contributed by atoms with Gasteiger partial charge in [-0.25, -0.2) is 14.4 Å². The second-order valence-corrected chi connectivity index (χ2v) is 7.90. The molecule has 0 radical (unpaired) electrons. The Morgan fingerprint density at radius 3 is 1.69 bits per heavy atom. The van der Waals surface area contributed by atoms with Crippen LogP contribution in [0.1, 0.15) is 31.1 Å². The van der Waals surface area contributed by atoms with Crippen LogP contribution in [0.15, 0.2) is 91.0 Å². The Morgan fingerprint density at radius 2 is 1.22 bits per heavy atom. The van der Waals surface area contributed by atoms with Crippen LogP contribution in [0.25, 0.3) is 0 Å². The van der Waals surface area contributed by atoms with E-state index in [1.165, 1.54) is 24.3 Å². The van der Waals surface area contributed by atoms with E-state index in [1.807, 2.05) is 0 Å². The molecule has 182 valence electrons. The van der Waals surface area contributed by atoms with Gasteiger partial charge in [-0.05, 0) is 36.4 Å². The largest absolute Gasteiger partial charge is 0.459 e. The Balaban J connectivity index is 1.57. The van der Waals surface area contributed by atoms with Gasteiger partial charge in [0.2, 0.25) is 11.9 Å². The van der Waals surface area contributed by atoms with E-state index in [4.69, 9.17) is 25.4 Å². The third-order valence-corrected chi connectivity index (χ3v) is 5.52. The van der Waals surface area contributed by atoms with E-state index < -0.39 is 48.6 Å². The van der Waals surface area contributed by atoms with Crippen LogP contribution in [-0.2, 0) is 18.9 Å². The lowest BCUT2D eigenvalue weighted by Gasteiger charge is -2.28. The zero-order valence-electron chi connectivity index (χ0n) is 19.0. The highest BCUT2D eigenvalue weighted by molar-refractivity contribution is 5.90. The summed E-state index contributed by atoms with van der Waals surface area (Å²) in [5.74, 6) is -0.141. The van der Waals surface area contributed by atoms with Crippen molar-refractivity contribution < 1.29 is 38.4 Å². The highest BCUT2D eigenvalue weighted by Crippen LogP contribution is 2.35. The molecule has 0 saturated carbocycles. The first-order valence-corrected chi connectivity index (χ1v) is 11.0. The number of benzene rings is 3. The van der Waals surface area contributed by atoms with Crippen molar-refractivity contribution in [1.82, 2.24) is 0 Å². The van der Waals surface area contributed by atoms with Crippen LogP contribution in [0.5, 0.6) is 0 Å². The molecule has 1 aliphatic heterocycles. The SMILES string of the molecule is C#CC1(O)C(OC(=O)c2ccccc2)O[C@H](COC(=O)c2ccccc2)[C@H]1OC(=O)c1ccccc1. The molecule has 8 nitrogen and oxygen atoms in total. The lowest BCUT2D eigenvalue weighted by atomic mass is 9.95. The molecule has 0 spiro atoms. The van der Waals surface area contributed by atoms with Gasteiger partial charge in [-0.15, -0.1) is 6.42 Å². The monoisotopic (exact) mass is 486 g/mol. The number of rotatable bonds is 7. The van der Waals surface area contributed by atoms with Crippen molar-refractivity contribution in [1.29, 1.82) is 0 Å². The minimum absolute atomic E-state index is 0.192. The number of ether oxygens (including phenoxy) is 4. The van der Waals surface area contributed by atoms with Crippen LogP contribution < -0.4 is 0 Å². The first-order chi connectivity index (χ1) is 17.4. The zero-order chi connectivity index (χ0) is 25.5. The van der Waals surface area contributed by atoms with Gasteiger partial charge in [0.05, 0.1) is 16.7 Å². The van der Waals surface area contributed by atoms with Gasteiger partial charge in [-0.2, -0.15) is 0 Å². The Morgan fingerprint density at radius 1 is 0.778 bits per heavy atom. The maximum atomic E-state index is 12.8. The molecule has 4 rings (SSSR count). The summed E-state index contributed by atoms with van der Waals surface area (Å²) in [5.41, 5.74) is -1.69. The molecular formula is C28H22O8. The van der Waals surface area contributed by atoms with Gasteiger partial charge in [0.25, 0.3) is 0 Å². The molecule has 36 heavy (non-hydrogen) atoms. The third-order valence-electron chi connectivity index (χ3n) is 5.52. The van der Waals surface area contributed by atoms with Gasteiger partial charge < -0.3 is 24.1 Å². The summed E-state index contributed by atoms with van der Waals surface area (Å²) in [7, 11) is 0. The van der Waals surface area contributed by atoms with Crippen LogP contribution in [0.2, 0.25) is 0 Å². The molecule has 1 aliphatic rings. The van der Waals surface area contributed by atoms with E-state index >= 15 is 0 Å². The normalized spacial score (nSPS) is 22.7. The summed E-state index contributed by atoms with van der Waals surface area (Å²) >= 11 is 0. The number of terminal acetylenes is 1. The lowest BCUT2D eigenvalue weighted by Crippen LogP contribution is -2.51. The van der Waals surface area contributed by atoms with E-state index in [0.29, 0.717) is 0 Å². The van der Waals surface area contributed by atoms with Gasteiger partial charge in [0.15, 0.2) is 6.10 Å². The van der Waals surface area contributed by atoms with Crippen LogP contribution in [-0.4, -0.2) is 53.7 Å². The van der Waals surface area contributed by atoms with Crippen LogP contribution in [0, 0.1) is 12.3 Å². The maximum Gasteiger partial charge on any atom is 0.340 e. The van der Waals surface area contributed by atoms with Gasteiger partial charge in [-0.3, -0.25) is 0 Å². The van der Waals surface area contributed by atoms with E-state index in [2.05, 4.69) is 5.92 Å². The standard InChI is InChI=1S/C28H22O8/c1-2-28(32)23(35-25(30)20-14-8-4-9-15-20)22(18-33-24(29)19-12-6-3-7-13-19)34-27(28)36-26(31)21-16-10-5-11-17-21/h1,3-17,22-23,27,32H,18H2/t22-,23-,27?,28?/m1/s1. The quantitative estimate of drug-likeness (QED) is 0.309. The van der Waals surface area contributed by atoms with Crippen molar-refractivity contribution in [2.24, 2.45) is 0 Å². The van der Waals surface area contributed by atoms with E-state index in [1.54, 1.807) is 66.7 Å². The summed E-state index contributed by atoms with van der Waals surface area (Å²) in [5, 5.41) is 11.3. The van der Waals surface area contributed by atoms with E-state index in [0.717, 1.165) is 0 Å². The molecule has 0 aliphatic carbocycles. The molecule has 1 fully saturated rings. The summed E-state index contributed by atoms with van der Waals surface area (Å²) in [6.45, 7) is -0.441. The number of carbonyl (C=O) groups excluding carboxylic acids is 3. The molecule has 3 aromatic rings. The maximum absolute atomic E-state index is 12.8. The van der Waals surface area contributed by atoms with Crippen LogP contribution >= 0.6 is 0 Å². The highest BCUT2D eigenvalue weighted by atomic mass is 16.7. The fourth-order valence-corrected chi connectivity index (χ4v) is 3.62. The van der Waals surface area contributed by atoms with Crippen molar-refractivity contribution in [3.63, 3.8) is 0 Å². The van der Waals surface area contributed by atoms with Gasteiger partial charge in [-0.1, -0.05) is 60.5 Å². The molecule has 1 N–H and O–H groups in total. The summed E-state index contributed by atoms with van der Waals surface area (Å²) < 4.78 is 21.9. The van der Waals surface area contributed by atoms with E-state index in [9.17, 15) is 19.5 Å². The molecule has 4 atom stereocenters. The number of hydrogen-bond donors (Lipinski definition) is 1. The summed E-state index contributed by atoms with van der Waals surface area (Å²) in [6, 6.07) is 24.3. The van der Waals surface area contributed by atoms with Crippen molar-refractivity contribution in [3.05, 3.63) is 108 Å². The molecule has 3 aromatic carbocycles. The minimum Gasteiger partial charge on any atom is -0.459 e. The van der Waals surface area contributed by atoms with Gasteiger partial charge >= 0.3 is 17.9 Å². The molecule has 8 heteroatoms. The highest BCUT2D eigenvalue weighted by Gasteiger charge is 2.60. The molecule has 2 unspecified atom stereocenters. The smallest absolute Gasteiger partial charge is 0.340 e. The van der Waals surface area contributed by atoms with Crippen molar-refractivity contribution in [2.75, 3.05) is 6.61 Å². The third kappa shape index (κ3) is 5.28. The predicted molar refractivity (Wildman–Crippen MR) is 127 cm³/mol. The van der Waals surface area contributed by atoms with Gasteiger partial charge in [0, 0.05) is 0 Å². The average Bonchev–Trinajstić information content (AvgIpc) is 3.19. The topological polar surface area (TPSA) is 108 Å². The molecule has 1 saturated heterocycles. The van der Waals surface area contributed by atoms with E-state index in [-0.39, 0.29) is 16.7 Å². The fourth-order valence-electron chi connectivity index (χ4n) is 3.62. The first kappa shape index (κ1) is 24.7. The Labute approximate surface area is 207 Å². The average molecular weight is 486 g/mol. The Bertz CT molecular complexity index is 1250. The fraction of sp³-hybridized carbons (Fsp3) is 0.179. The minimum atomic E-state index is -2.36. The molecule has 0 bridgehead atoms. The summed E-state index contributed by atoms with van der Waals surface area (Å²) in [6.07, 6.45) is 1.15. The Kier molecular flexibility index (Phi) is 7.44. The number of esters is 3. The second kappa shape index (κ2) is 10.9. The van der Waals surface area contributed by atoms with Gasteiger partial charge in [0.1, 0.15) is 12.7 Å². The number of carbonyl (C=O) groups is 3. The molecule has 1 heterocycles. The lowest BCUT2D eigenvalue weighted by molar-refractivity contribution is -0.159.